The molecular formula is C13H18Cl2Ti. The molecule has 0 saturated carbocycles. The molecule has 0 aromatic heterocycles. The normalized spacial score (nSPS) is 14.2. The summed E-state index contributed by atoms with van der Waals surface area (Å²) in [5.74, 6) is 0. The summed E-state index contributed by atoms with van der Waals surface area (Å²) in [5.41, 5.74) is 2.69. The van der Waals surface area contributed by atoms with Gasteiger partial charge in [-0.15, -0.1) is 51.5 Å². The summed E-state index contributed by atoms with van der Waals surface area (Å²) in [7, 11) is 0. The second kappa shape index (κ2) is 15.1. The zero-order valence-corrected chi connectivity index (χ0v) is 12.9. The molecule has 0 amide bonds. The van der Waals surface area contributed by atoms with Crippen molar-refractivity contribution in [2.75, 3.05) is 0 Å². The Morgan fingerprint density at radius 1 is 0.938 bits per heavy atom. The molecule has 2 rings (SSSR count). The predicted molar refractivity (Wildman–Crippen MR) is 74.0 cm³/mol. The molecule has 16 heavy (non-hydrogen) atoms. The third kappa shape index (κ3) is 12.2. The molecule has 0 radical (unpaired) electrons. The predicted octanol–water partition coefficient (Wildman–Crippen LogP) is 4.20. The fourth-order valence-corrected chi connectivity index (χ4v) is 0.998. The van der Waals surface area contributed by atoms with E-state index < -0.39 is 0 Å². The van der Waals surface area contributed by atoms with Gasteiger partial charge >= 0.3 is 24.8 Å². The molecular weight excluding hydrogens is 275 g/mol. The summed E-state index contributed by atoms with van der Waals surface area (Å²) in [6, 6.07) is 0. The summed E-state index contributed by atoms with van der Waals surface area (Å²) < 4.78 is 0. The van der Waals surface area contributed by atoms with Gasteiger partial charge in [0.1, 0.15) is 0 Å². The van der Waals surface area contributed by atoms with E-state index in [1.807, 2.05) is 12.2 Å². The number of halogens is 2. The van der Waals surface area contributed by atoms with Crippen LogP contribution in [0.3, 0.4) is 0 Å². The molecule has 0 N–H and O–H groups in total. The van der Waals surface area contributed by atoms with Gasteiger partial charge in [0.25, 0.3) is 0 Å². The molecule has 0 nitrogen and oxygen atoms in total. The van der Waals surface area contributed by atoms with Gasteiger partial charge in [-0.3, -0.25) is 12.2 Å². The van der Waals surface area contributed by atoms with E-state index in [1.165, 1.54) is 11.1 Å². The summed E-state index contributed by atoms with van der Waals surface area (Å²) in [4.78, 5) is 3.25. The Bertz CT molecular complexity index is 242. The SMILES string of the molecule is CC1=CC[C-]=C1.CC1=CC[C-]=C1.Cl.Cl.[CH2]=[Ti+2]. The fourth-order valence-electron chi connectivity index (χ4n) is 0.998. The summed E-state index contributed by atoms with van der Waals surface area (Å²) >= 11 is 1.75. The van der Waals surface area contributed by atoms with Crippen molar-refractivity contribution >= 4 is 29.6 Å². The summed E-state index contributed by atoms with van der Waals surface area (Å²) in [6.07, 6.45) is 16.5. The van der Waals surface area contributed by atoms with Crippen LogP contribution in [0.25, 0.3) is 0 Å². The zero-order valence-electron chi connectivity index (χ0n) is 9.75. The molecule has 88 valence electrons. The van der Waals surface area contributed by atoms with Crippen molar-refractivity contribution in [2.45, 2.75) is 26.7 Å². The molecule has 0 spiro atoms. The molecule has 0 aliphatic heterocycles. The molecule has 0 fully saturated rings. The van der Waals surface area contributed by atoms with E-state index in [0.29, 0.717) is 0 Å². The Morgan fingerprint density at radius 3 is 1.31 bits per heavy atom. The van der Waals surface area contributed by atoms with Crippen LogP contribution in [0.1, 0.15) is 26.7 Å². The third-order valence-electron chi connectivity index (χ3n) is 1.74. The van der Waals surface area contributed by atoms with Crippen LogP contribution in [-0.4, -0.2) is 4.82 Å². The van der Waals surface area contributed by atoms with Crippen LogP contribution < -0.4 is 0 Å². The van der Waals surface area contributed by atoms with E-state index in [4.69, 9.17) is 0 Å². The molecule has 0 unspecified atom stereocenters. The Morgan fingerprint density at radius 2 is 1.25 bits per heavy atom. The maximum atomic E-state index is 3.25. The number of hydrogen-bond donors (Lipinski definition) is 0. The van der Waals surface area contributed by atoms with E-state index in [1.54, 1.807) is 20.0 Å². The number of allylic oxidation sites excluding steroid dienone is 8. The van der Waals surface area contributed by atoms with Crippen molar-refractivity contribution in [3.63, 3.8) is 0 Å². The van der Waals surface area contributed by atoms with E-state index in [2.05, 4.69) is 43.0 Å². The molecule has 0 bridgehead atoms. The Kier molecular flexibility index (Phi) is 20.2. The standard InChI is InChI=1S/2C6H7.CH2.2ClH.Ti/c2*1-6-4-2-3-5-6;;;;/h2*4-5H,2H2,1H3;1H2;2*1H;/q2*-1;;;;+2. The van der Waals surface area contributed by atoms with Crippen LogP contribution in [0.2, 0.25) is 0 Å². The molecule has 0 aromatic rings. The van der Waals surface area contributed by atoms with Gasteiger partial charge in [-0.05, 0) is 0 Å². The Hall–Kier alpha value is 0.124. The van der Waals surface area contributed by atoms with E-state index in [-0.39, 0.29) is 24.8 Å². The molecule has 3 heteroatoms. The monoisotopic (exact) mass is 292 g/mol. The first kappa shape index (κ1) is 21.4. The fraction of sp³-hybridized carbons (Fsp3) is 0.308. The number of hydrogen-bond acceptors (Lipinski definition) is 0. The van der Waals surface area contributed by atoms with Gasteiger partial charge in [0.2, 0.25) is 0 Å². The Labute approximate surface area is 123 Å². The number of rotatable bonds is 0. The van der Waals surface area contributed by atoms with Crippen LogP contribution in [0.15, 0.2) is 35.5 Å². The van der Waals surface area contributed by atoms with Crippen LogP contribution in [0, 0.1) is 12.2 Å². The molecule has 2 aliphatic carbocycles. The second-order valence-corrected chi connectivity index (χ2v) is 3.00. The van der Waals surface area contributed by atoms with Gasteiger partial charge in [0.15, 0.2) is 0 Å². The van der Waals surface area contributed by atoms with E-state index in [9.17, 15) is 0 Å². The minimum atomic E-state index is 0. The van der Waals surface area contributed by atoms with Crippen LogP contribution in [0.4, 0.5) is 0 Å². The van der Waals surface area contributed by atoms with Crippen molar-refractivity contribution in [1.29, 1.82) is 0 Å². The quantitative estimate of drug-likeness (QED) is 0.464. The molecule has 2 aliphatic rings. The van der Waals surface area contributed by atoms with Crippen molar-refractivity contribution in [1.82, 2.24) is 0 Å². The second-order valence-electron chi connectivity index (χ2n) is 3.00. The zero-order chi connectivity index (χ0) is 10.8. The summed E-state index contributed by atoms with van der Waals surface area (Å²) in [5, 5.41) is 0. The summed E-state index contributed by atoms with van der Waals surface area (Å²) in [6.45, 7) is 4.17. The topological polar surface area (TPSA) is 0 Å². The molecule has 0 saturated heterocycles. The first-order chi connectivity index (χ1) is 6.79. The average Bonchev–Trinajstić information content (AvgIpc) is 2.83. The van der Waals surface area contributed by atoms with Crippen LogP contribution in [-0.2, 0) is 20.0 Å². The van der Waals surface area contributed by atoms with Gasteiger partial charge in [0, 0.05) is 0 Å². The van der Waals surface area contributed by atoms with Crippen LogP contribution in [0.5, 0.6) is 0 Å². The molecule has 0 aromatic carbocycles. The average molecular weight is 293 g/mol. The first-order valence-electron chi connectivity index (χ1n) is 4.61. The van der Waals surface area contributed by atoms with E-state index >= 15 is 0 Å². The third-order valence-corrected chi connectivity index (χ3v) is 1.74. The van der Waals surface area contributed by atoms with Crippen molar-refractivity contribution in [3.05, 3.63) is 47.6 Å². The molecule has 0 atom stereocenters. The van der Waals surface area contributed by atoms with Gasteiger partial charge in [-0.2, -0.15) is 12.2 Å². The van der Waals surface area contributed by atoms with Crippen molar-refractivity contribution in [3.8, 4) is 0 Å². The van der Waals surface area contributed by atoms with Gasteiger partial charge in [-0.1, -0.05) is 0 Å². The van der Waals surface area contributed by atoms with Crippen molar-refractivity contribution < 1.29 is 20.0 Å². The van der Waals surface area contributed by atoms with Crippen molar-refractivity contribution in [2.24, 2.45) is 0 Å². The first-order valence-corrected chi connectivity index (χ1v) is 5.71. The van der Waals surface area contributed by atoms with E-state index in [0.717, 1.165) is 12.8 Å². The van der Waals surface area contributed by atoms with Gasteiger partial charge in [-0.25, -0.2) is 23.3 Å². The van der Waals surface area contributed by atoms with Gasteiger partial charge < -0.3 is 0 Å². The Balaban J connectivity index is -0.000000165. The maximum absolute atomic E-state index is 3.25. The van der Waals surface area contributed by atoms with Crippen LogP contribution >= 0.6 is 24.8 Å². The van der Waals surface area contributed by atoms with Gasteiger partial charge in [0.05, 0.1) is 0 Å². The molecule has 0 heterocycles. The minimum absolute atomic E-state index is 0.